The molecule has 0 saturated carbocycles. The lowest BCUT2D eigenvalue weighted by molar-refractivity contribution is 0.0912. The van der Waals surface area contributed by atoms with Gasteiger partial charge in [0.1, 0.15) is 0 Å². The van der Waals surface area contributed by atoms with Crippen LogP contribution in [0.1, 0.15) is 22.8 Å². The summed E-state index contributed by atoms with van der Waals surface area (Å²) >= 11 is 1.59. The summed E-state index contributed by atoms with van der Waals surface area (Å²) in [4.78, 5) is 30.9. The second kappa shape index (κ2) is 8.39. The molecule has 0 saturated heterocycles. The van der Waals surface area contributed by atoms with Gasteiger partial charge in [0, 0.05) is 11.3 Å². The van der Waals surface area contributed by atoms with E-state index in [4.69, 9.17) is 0 Å². The predicted molar refractivity (Wildman–Crippen MR) is 99.7 cm³/mol. The zero-order valence-electron chi connectivity index (χ0n) is 14.1. The molecular weight excluding hydrogens is 352 g/mol. The van der Waals surface area contributed by atoms with E-state index in [2.05, 4.69) is 25.6 Å². The number of aromatic nitrogens is 2. The molecule has 134 valence electrons. The van der Waals surface area contributed by atoms with Gasteiger partial charge in [-0.1, -0.05) is 36.0 Å². The average molecular weight is 370 g/mol. The summed E-state index contributed by atoms with van der Waals surface area (Å²) in [6.45, 7) is 1.92. The van der Waals surface area contributed by atoms with Gasteiger partial charge in [0.05, 0.1) is 17.6 Å². The minimum Gasteiger partial charge on any atom is -0.449 e. The minimum absolute atomic E-state index is 0.235. The maximum atomic E-state index is 11.9. The molecule has 0 aliphatic rings. The van der Waals surface area contributed by atoms with Crippen LogP contribution in [0.5, 0.6) is 0 Å². The highest BCUT2D eigenvalue weighted by atomic mass is 32.2. The van der Waals surface area contributed by atoms with Crippen LogP contribution in [0, 0.1) is 0 Å². The summed E-state index contributed by atoms with van der Waals surface area (Å²) in [6.07, 6.45) is -0.695. The Morgan fingerprint density at radius 3 is 2.62 bits per heavy atom. The van der Waals surface area contributed by atoms with Crippen molar-refractivity contribution < 1.29 is 14.3 Å². The fraction of sp³-hybridized carbons (Fsp3) is 0.167. The normalized spacial score (nSPS) is 10.5. The molecule has 0 spiro atoms. The molecule has 0 bridgehead atoms. The van der Waals surface area contributed by atoms with Crippen molar-refractivity contribution >= 4 is 34.8 Å². The van der Waals surface area contributed by atoms with Crippen LogP contribution in [0.25, 0.3) is 11.0 Å². The van der Waals surface area contributed by atoms with Gasteiger partial charge in [-0.25, -0.2) is 15.2 Å². The summed E-state index contributed by atoms with van der Waals surface area (Å²) in [5.74, 6) is 0.317. The third kappa shape index (κ3) is 4.54. The largest absolute Gasteiger partial charge is 0.449 e. The number of thioether (sulfide) groups is 1. The standard InChI is InChI=1S/C18H18N4O3S/c1-2-25-18(24)22-21-16(23)13-9-7-12(8-10-13)11-26-17-19-14-5-3-4-6-15(14)20-17/h3-10H,2,11H2,1H3,(H,19,20)(H,21,23)(H,22,24). The van der Waals surface area contributed by atoms with Gasteiger partial charge in [0.15, 0.2) is 5.16 Å². The number of amides is 2. The number of para-hydroxylation sites is 2. The first-order chi connectivity index (χ1) is 12.7. The minimum atomic E-state index is -0.695. The summed E-state index contributed by atoms with van der Waals surface area (Å²) in [7, 11) is 0. The summed E-state index contributed by atoms with van der Waals surface area (Å²) in [5, 5.41) is 0.853. The van der Waals surface area contributed by atoms with Crippen LogP contribution >= 0.6 is 11.8 Å². The van der Waals surface area contributed by atoms with E-state index in [1.807, 2.05) is 36.4 Å². The summed E-state index contributed by atoms with van der Waals surface area (Å²) in [6, 6.07) is 15.0. The Morgan fingerprint density at radius 1 is 1.12 bits per heavy atom. The van der Waals surface area contributed by atoms with E-state index in [1.54, 1.807) is 30.8 Å². The van der Waals surface area contributed by atoms with Crippen molar-refractivity contribution in [2.24, 2.45) is 0 Å². The molecule has 8 heteroatoms. The van der Waals surface area contributed by atoms with Gasteiger partial charge in [-0.15, -0.1) is 0 Å². The van der Waals surface area contributed by atoms with Crippen LogP contribution in [-0.2, 0) is 10.5 Å². The smallest absolute Gasteiger partial charge is 0.426 e. The monoisotopic (exact) mass is 370 g/mol. The van der Waals surface area contributed by atoms with Crippen molar-refractivity contribution in [1.82, 2.24) is 20.8 Å². The van der Waals surface area contributed by atoms with E-state index < -0.39 is 12.0 Å². The molecular formula is C18H18N4O3S. The van der Waals surface area contributed by atoms with Crippen molar-refractivity contribution in [2.75, 3.05) is 6.61 Å². The second-order valence-electron chi connectivity index (χ2n) is 5.34. The molecule has 0 fully saturated rings. The Morgan fingerprint density at radius 2 is 1.88 bits per heavy atom. The molecule has 0 radical (unpaired) electrons. The number of benzene rings is 2. The highest BCUT2D eigenvalue weighted by Gasteiger charge is 2.08. The number of hydrazine groups is 1. The van der Waals surface area contributed by atoms with Gasteiger partial charge >= 0.3 is 6.09 Å². The van der Waals surface area contributed by atoms with Crippen molar-refractivity contribution in [2.45, 2.75) is 17.8 Å². The van der Waals surface area contributed by atoms with Crippen LogP contribution in [0.3, 0.4) is 0 Å². The second-order valence-corrected chi connectivity index (χ2v) is 6.31. The number of imidazole rings is 1. The number of carbonyl (C=O) groups is 2. The van der Waals surface area contributed by atoms with E-state index in [1.165, 1.54) is 0 Å². The van der Waals surface area contributed by atoms with Crippen LogP contribution in [-0.4, -0.2) is 28.6 Å². The molecule has 1 aromatic heterocycles. The van der Waals surface area contributed by atoms with E-state index in [9.17, 15) is 9.59 Å². The Kier molecular flexibility index (Phi) is 5.75. The number of rotatable bonds is 5. The zero-order chi connectivity index (χ0) is 18.4. The Balaban J connectivity index is 1.53. The molecule has 26 heavy (non-hydrogen) atoms. The lowest BCUT2D eigenvalue weighted by Crippen LogP contribution is -2.41. The Bertz CT molecular complexity index is 875. The maximum absolute atomic E-state index is 11.9. The lowest BCUT2D eigenvalue weighted by Gasteiger charge is -2.07. The summed E-state index contributed by atoms with van der Waals surface area (Å²) < 4.78 is 4.67. The van der Waals surface area contributed by atoms with Gasteiger partial charge in [-0.05, 0) is 36.8 Å². The van der Waals surface area contributed by atoms with Crippen molar-refractivity contribution in [3.8, 4) is 0 Å². The van der Waals surface area contributed by atoms with Gasteiger partial charge < -0.3 is 9.72 Å². The number of carbonyl (C=O) groups excluding carboxylic acids is 2. The van der Waals surface area contributed by atoms with Crippen molar-refractivity contribution in [1.29, 1.82) is 0 Å². The number of ether oxygens (including phenoxy) is 1. The van der Waals surface area contributed by atoms with E-state index in [0.29, 0.717) is 5.56 Å². The molecule has 2 aromatic carbocycles. The molecule has 0 aliphatic heterocycles. The molecule has 0 atom stereocenters. The van der Waals surface area contributed by atoms with Gasteiger partial charge in [-0.3, -0.25) is 10.2 Å². The van der Waals surface area contributed by atoms with Crippen molar-refractivity contribution in [3.63, 3.8) is 0 Å². The van der Waals surface area contributed by atoms with Crippen LogP contribution in [0.4, 0.5) is 4.79 Å². The topological polar surface area (TPSA) is 96.1 Å². The van der Waals surface area contributed by atoms with Crippen molar-refractivity contribution in [3.05, 3.63) is 59.7 Å². The third-order valence-corrected chi connectivity index (χ3v) is 4.46. The molecule has 3 aromatic rings. The number of nitrogens with zero attached hydrogens (tertiary/aromatic N) is 1. The quantitative estimate of drug-likeness (QED) is 0.473. The fourth-order valence-electron chi connectivity index (χ4n) is 2.25. The first-order valence-electron chi connectivity index (χ1n) is 8.05. The molecule has 3 N–H and O–H groups in total. The Hall–Kier alpha value is -3.00. The zero-order valence-corrected chi connectivity index (χ0v) is 14.9. The SMILES string of the molecule is CCOC(=O)NNC(=O)c1ccc(CSc2nc3ccccc3[nH]2)cc1. The predicted octanol–water partition coefficient (Wildman–Crippen LogP) is 3.25. The number of nitrogens with one attached hydrogen (secondary N) is 3. The lowest BCUT2D eigenvalue weighted by atomic mass is 10.1. The maximum Gasteiger partial charge on any atom is 0.426 e. The molecule has 0 aliphatic carbocycles. The van der Waals surface area contributed by atoms with E-state index in [-0.39, 0.29) is 6.61 Å². The Labute approximate surface area is 154 Å². The number of hydrogen-bond acceptors (Lipinski definition) is 5. The number of fused-ring (bicyclic) bond motifs is 1. The first-order valence-corrected chi connectivity index (χ1v) is 9.04. The van der Waals surface area contributed by atoms with Gasteiger partial charge in [0.2, 0.25) is 0 Å². The highest BCUT2D eigenvalue weighted by molar-refractivity contribution is 7.98. The average Bonchev–Trinajstić information content (AvgIpc) is 3.08. The van der Waals surface area contributed by atoms with Crippen LogP contribution < -0.4 is 10.9 Å². The number of hydrogen-bond donors (Lipinski definition) is 3. The van der Waals surface area contributed by atoms with Gasteiger partial charge in [0.25, 0.3) is 5.91 Å². The first kappa shape index (κ1) is 17.8. The summed E-state index contributed by atoms with van der Waals surface area (Å²) in [5.41, 5.74) is 7.93. The van der Waals surface area contributed by atoms with E-state index >= 15 is 0 Å². The van der Waals surface area contributed by atoms with E-state index in [0.717, 1.165) is 27.5 Å². The fourth-order valence-corrected chi connectivity index (χ4v) is 3.09. The molecule has 1 heterocycles. The third-order valence-electron chi connectivity index (χ3n) is 3.51. The molecule has 2 amide bonds. The molecule has 3 rings (SSSR count). The highest BCUT2D eigenvalue weighted by Crippen LogP contribution is 2.23. The number of H-pyrrole nitrogens is 1. The van der Waals surface area contributed by atoms with Gasteiger partial charge in [-0.2, -0.15) is 0 Å². The van der Waals surface area contributed by atoms with Crippen LogP contribution in [0.2, 0.25) is 0 Å². The molecule has 0 unspecified atom stereocenters. The molecule has 7 nitrogen and oxygen atoms in total. The van der Waals surface area contributed by atoms with Crippen LogP contribution in [0.15, 0.2) is 53.7 Å². The number of aromatic amines is 1.